The van der Waals surface area contributed by atoms with Gasteiger partial charge in [-0.3, -0.25) is 0 Å². The molecule has 1 unspecified atom stereocenters. The first-order valence-electron chi connectivity index (χ1n) is 9.57. The van der Waals surface area contributed by atoms with Crippen LogP contribution in [0.25, 0.3) is 0 Å². The molecule has 0 aromatic heterocycles. The normalized spacial score (nSPS) is 13.3. The van der Waals surface area contributed by atoms with Crippen molar-refractivity contribution in [3.63, 3.8) is 0 Å². The number of rotatable bonds is 7. The third-order valence-electron chi connectivity index (χ3n) is 5.49. The molecule has 0 spiro atoms. The van der Waals surface area contributed by atoms with E-state index in [2.05, 4.69) is 92.7 Å². The van der Waals surface area contributed by atoms with Crippen LogP contribution in [0.5, 0.6) is 0 Å². The zero-order valence-corrected chi connectivity index (χ0v) is 15.9. The second-order valence-corrected chi connectivity index (χ2v) is 7.25. The number of benzene rings is 3. The van der Waals surface area contributed by atoms with Gasteiger partial charge in [0.2, 0.25) is 0 Å². The lowest BCUT2D eigenvalue weighted by Crippen LogP contribution is -2.26. The Morgan fingerprint density at radius 2 is 1.35 bits per heavy atom. The maximum atomic E-state index is 5.62. The van der Waals surface area contributed by atoms with E-state index in [0.29, 0.717) is 0 Å². The van der Waals surface area contributed by atoms with Crippen LogP contribution in [0, 0.1) is 6.92 Å². The van der Waals surface area contributed by atoms with E-state index in [0.717, 1.165) is 25.8 Å². The van der Waals surface area contributed by atoms with Gasteiger partial charge in [-0.1, -0.05) is 78.9 Å². The van der Waals surface area contributed by atoms with E-state index < -0.39 is 0 Å². The Kier molecular flexibility index (Phi) is 5.90. The summed E-state index contributed by atoms with van der Waals surface area (Å²) in [4.78, 5) is 0. The molecule has 0 amide bonds. The van der Waals surface area contributed by atoms with Gasteiger partial charge in [0, 0.05) is 5.41 Å². The van der Waals surface area contributed by atoms with Crippen molar-refractivity contribution in [2.75, 3.05) is 6.54 Å². The monoisotopic (exact) mass is 343 g/mol. The number of nitrogens with two attached hydrogens (primary N) is 1. The Morgan fingerprint density at radius 1 is 0.731 bits per heavy atom. The lowest BCUT2D eigenvalue weighted by molar-refractivity contribution is 0.685. The van der Waals surface area contributed by atoms with E-state index in [1.807, 2.05) is 0 Å². The summed E-state index contributed by atoms with van der Waals surface area (Å²) in [6.07, 6.45) is 3.35. The third kappa shape index (κ3) is 3.73. The van der Waals surface area contributed by atoms with Crippen molar-refractivity contribution in [3.05, 3.63) is 107 Å². The molecular weight excluding hydrogens is 314 g/mol. The minimum absolute atomic E-state index is 0.164. The Hall–Kier alpha value is -2.38. The van der Waals surface area contributed by atoms with E-state index in [1.54, 1.807) is 0 Å². The lowest BCUT2D eigenvalue weighted by atomic mass is 9.69. The highest BCUT2D eigenvalue weighted by Crippen LogP contribution is 2.40. The summed E-state index contributed by atoms with van der Waals surface area (Å²) in [5.41, 5.74) is 12.2. The van der Waals surface area contributed by atoms with Crippen molar-refractivity contribution in [2.45, 2.75) is 38.5 Å². The Balaban J connectivity index is 2.03. The third-order valence-corrected chi connectivity index (χ3v) is 5.49. The molecule has 0 aliphatic heterocycles. The SMILES string of the molecule is Cc1ccccc1C(C)(c1ccccc1)c1ccc(CCCCN)cc1. The standard InChI is InChI=1S/C25H29N/c1-20-10-6-7-14-24(20)25(2,22-12-4-3-5-13-22)23-17-15-21(16-18-23)11-8-9-19-26/h3-7,10,12-18H,8-9,11,19,26H2,1-2H3. The van der Waals surface area contributed by atoms with Gasteiger partial charge in [-0.15, -0.1) is 0 Å². The summed E-state index contributed by atoms with van der Waals surface area (Å²) in [7, 11) is 0. The smallest absolute Gasteiger partial charge is 0.0425 e. The maximum Gasteiger partial charge on any atom is 0.0425 e. The number of hydrogen-bond donors (Lipinski definition) is 1. The van der Waals surface area contributed by atoms with E-state index in [1.165, 1.54) is 27.8 Å². The average Bonchev–Trinajstić information content (AvgIpc) is 2.69. The first kappa shape index (κ1) is 18.4. The summed E-state index contributed by atoms with van der Waals surface area (Å²) in [5, 5.41) is 0. The molecule has 0 aliphatic carbocycles. The molecular formula is C25H29N. The van der Waals surface area contributed by atoms with Crippen LogP contribution in [0.2, 0.25) is 0 Å². The first-order valence-corrected chi connectivity index (χ1v) is 9.57. The van der Waals surface area contributed by atoms with Gasteiger partial charge in [0.15, 0.2) is 0 Å². The number of unbranched alkanes of at least 4 members (excludes halogenated alkanes) is 1. The summed E-state index contributed by atoms with van der Waals surface area (Å²) < 4.78 is 0. The molecule has 26 heavy (non-hydrogen) atoms. The van der Waals surface area contributed by atoms with Crippen LogP contribution in [-0.2, 0) is 11.8 Å². The van der Waals surface area contributed by atoms with Gasteiger partial charge in [0.1, 0.15) is 0 Å². The van der Waals surface area contributed by atoms with Gasteiger partial charge in [0.05, 0.1) is 0 Å². The highest BCUT2D eigenvalue weighted by molar-refractivity contribution is 5.52. The number of aryl methyl sites for hydroxylation is 2. The van der Waals surface area contributed by atoms with Crippen LogP contribution in [0.15, 0.2) is 78.9 Å². The topological polar surface area (TPSA) is 26.0 Å². The molecule has 3 aromatic carbocycles. The van der Waals surface area contributed by atoms with E-state index >= 15 is 0 Å². The van der Waals surface area contributed by atoms with Crippen molar-refractivity contribution in [1.29, 1.82) is 0 Å². The highest BCUT2D eigenvalue weighted by atomic mass is 14.5. The molecule has 0 saturated heterocycles. The summed E-state index contributed by atoms with van der Waals surface area (Å²) in [6, 6.07) is 28.7. The van der Waals surface area contributed by atoms with Gasteiger partial charge in [-0.2, -0.15) is 0 Å². The second kappa shape index (κ2) is 8.33. The van der Waals surface area contributed by atoms with Crippen molar-refractivity contribution in [1.82, 2.24) is 0 Å². The molecule has 0 heterocycles. The largest absolute Gasteiger partial charge is 0.330 e. The molecule has 134 valence electrons. The summed E-state index contributed by atoms with van der Waals surface area (Å²) in [5.74, 6) is 0. The fourth-order valence-corrected chi connectivity index (χ4v) is 3.86. The zero-order chi connectivity index (χ0) is 18.4. The van der Waals surface area contributed by atoms with Gasteiger partial charge >= 0.3 is 0 Å². The minimum Gasteiger partial charge on any atom is -0.330 e. The van der Waals surface area contributed by atoms with Crippen LogP contribution in [0.3, 0.4) is 0 Å². The quantitative estimate of drug-likeness (QED) is 0.436. The van der Waals surface area contributed by atoms with Crippen molar-refractivity contribution >= 4 is 0 Å². The van der Waals surface area contributed by atoms with Gasteiger partial charge in [-0.25, -0.2) is 0 Å². The Labute approximate surface area is 157 Å². The molecule has 2 N–H and O–H groups in total. The molecule has 0 radical (unpaired) electrons. The average molecular weight is 344 g/mol. The minimum atomic E-state index is -0.164. The zero-order valence-electron chi connectivity index (χ0n) is 15.9. The lowest BCUT2D eigenvalue weighted by Gasteiger charge is -2.33. The maximum absolute atomic E-state index is 5.62. The predicted molar refractivity (Wildman–Crippen MR) is 112 cm³/mol. The fourth-order valence-electron chi connectivity index (χ4n) is 3.86. The van der Waals surface area contributed by atoms with Crippen LogP contribution >= 0.6 is 0 Å². The fraction of sp³-hybridized carbons (Fsp3) is 0.280. The molecule has 3 rings (SSSR count). The van der Waals surface area contributed by atoms with Crippen LogP contribution in [0.1, 0.15) is 47.6 Å². The van der Waals surface area contributed by atoms with E-state index in [9.17, 15) is 0 Å². The van der Waals surface area contributed by atoms with Crippen LogP contribution < -0.4 is 5.73 Å². The van der Waals surface area contributed by atoms with Gasteiger partial charge < -0.3 is 5.73 Å². The predicted octanol–water partition coefficient (Wildman–Crippen LogP) is 5.63. The second-order valence-electron chi connectivity index (χ2n) is 7.25. The summed E-state index contributed by atoms with van der Waals surface area (Å²) in [6.45, 7) is 5.32. The molecule has 0 fully saturated rings. The van der Waals surface area contributed by atoms with Crippen LogP contribution in [-0.4, -0.2) is 6.54 Å². The van der Waals surface area contributed by atoms with Crippen LogP contribution in [0.4, 0.5) is 0 Å². The Morgan fingerprint density at radius 3 is 2.00 bits per heavy atom. The van der Waals surface area contributed by atoms with Gasteiger partial charge in [0.25, 0.3) is 0 Å². The number of hydrogen-bond acceptors (Lipinski definition) is 1. The molecule has 1 atom stereocenters. The van der Waals surface area contributed by atoms with Crippen molar-refractivity contribution in [2.24, 2.45) is 5.73 Å². The highest BCUT2D eigenvalue weighted by Gasteiger charge is 2.32. The molecule has 1 nitrogen and oxygen atoms in total. The van der Waals surface area contributed by atoms with Crippen molar-refractivity contribution in [3.8, 4) is 0 Å². The van der Waals surface area contributed by atoms with E-state index in [4.69, 9.17) is 5.73 Å². The summed E-state index contributed by atoms with van der Waals surface area (Å²) >= 11 is 0. The van der Waals surface area contributed by atoms with Gasteiger partial charge in [-0.05, 0) is 67.5 Å². The molecule has 0 bridgehead atoms. The van der Waals surface area contributed by atoms with E-state index in [-0.39, 0.29) is 5.41 Å². The molecule has 3 aromatic rings. The molecule has 0 aliphatic rings. The molecule has 0 saturated carbocycles. The first-order chi connectivity index (χ1) is 12.7. The van der Waals surface area contributed by atoms with Crippen molar-refractivity contribution < 1.29 is 0 Å². The molecule has 1 heteroatoms. The Bertz CT molecular complexity index is 820.